The molecule has 23 heavy (non-hydrogen) atoms. The molecule has 0 aromatic heterocycles. The van der Waals surface area contributed by atoms with Crippen LogP contribution in [0, 0.1) is 5.82 Å². The van der Waals surface area contributed by atoms with E-state index in [1.54, 1.807) is 43.5 Å². The van der Waals surface area contributed by atoms with Crippen molar-refractivity contribution in [2.45, 2.75) is 0 Å². The van der Waals surface area contributed by atoms with Crippen molar-refractivity contribution in [1.29, 1.82) is 0 Å². The van der Waals surface area contributed by atoms with Gasteiger partial charge in [0.05, 0.1) is 5.69 Å². The summed E-state index contributed by atoms with van der Waals surface area (Å²) in [4.78, 5) is 23.2. The second kappa shape index (κ2) is 7.69. The smallest absolute Gasteiger partial charge is 0.251 e. The maximum atomic E-state index is 13.6. The van der Waals surface area contributed by atoms with E-state index in [0.29, 0.717) is 10.0 Å². The summed E-state index contributed by atoms with van der Waals surface area (Å²) in [5, 5.41) is 4.99. The van der Waals surface area contributed by atoms with Crippen LogP contribution in [0.2, 0.25) is 0 Å². The third-order valence-corrected chi connectivity index (χ3v) is 3.51. The number of benzene rings is 2. The van der Waals surface area contributed by atoms with Crippen LogP contribution in [0.1, 0.15) is 15.9 Å². The monoisotopic (exact) mass is 376 g/mol. The van der Waals surface area contributed by atoms with Gasteiger partial charge < -0.3 is 10.6 Å². The lowest BCUT2D eigenvalue weighted by atomic mass is 10.1. The molecule has 0 aliphatic heterocycles. The number of rotatable bonds is 4. The van der Waals surface area contributed by atoms with Crippen molar-refractivity contribution in [2.24, 2.45) is 0 Å². The Morgan fingerprint density at radius 2 is 1.83 bits per heavy atom. The Bertz CT molecular complexity index is 758. The largest absolute Gasteiger partial charge is 0.355 e. The van der Waals surface area contributed by atoms with Crippen molar-refractivity contribution in [3.05, 3.63) is 70.0 Å². The molecule has 0 fully saturated rings. The van der Waals surface area contributed by atoms with Gasteiger partial charge in [0.15, 0.2) is 0 Å². The molecule has 0 saturated carbocycles. The molecule has 6 heteroatoms. The number of carbonyl (C=O) groups is 2. The highest BCUT2D eigenvalue weighted by atomic mass is 79.9. The minimum Gasteiger partial charge on any atom is -0.355 e. The normalized spacial score (nSPS) is 10.6. The van der Waals surface area contributed by atoms with Crippen LogP contribution in [0.5, 0.6) is 0 Å². The zero-order chi connectivity index (χ0) is 16.8. The van der Waals surface area contributed by atoms with Crippen molar-refractivity contribution in [2.75, 3.05) is 12.4 Å². The highest BCUT2D eigenvalue weighted by Gasteiger charge is 2.05. The Morgan fingerprint density at radius 3 is 2.43 bits per heavy atom. The molecule has 0 heterocycles. The third kappa shape index (κ3) is 4.75. The van der Waals surface area contributed by atoms with Crippen LogP contribution < -0.4 is 10.6 Å². The van der Waals surface area contributed by atoms with E-state index in [9.17, 15) is 14.0 Å². The van der Waals surface area contributed by atoms with E-state index >= 15 is 0 Å². The molecule has 0 unspecified atom stereocenters. The Kier molecular flexibility index (Phi) is 5.65. The molecule has 0 bridgehead atoms. The number of hydrogen-bond acceptors (Lipinski definition) is 2. The SMILES string of the molecule is CNC(=O)c1ccc(/C=C/C(=O)Nc2ccc(Br)cc2F)cc1. The first-order valence-electron chi connectivity index (χ1n) is 6.76. The number of carbonyl (C=O) groups excluding carboxylic acids is 2. The second-order valence-electron chi connectivity index (χ2n) is 4.65. The van der Waals surface area contributed by atoms with E-state index in [0.717, 1.165) is 5.56 Å². The fourth-order valence-corrected chi connectivity index (χ4v) is 2.16. The molecule has 0 spiro atoms. The average Bonchev–Trinajstić information content (AvgIpc) is 2.55. The molecule has 0 radical (unpaired) electrons. The lowest BCUT2D eigenvalue weighted by molar-refractivity contribution is -0.111. The Labute approximate surface area is 141 Å². The van der Waals surface area contributed by atoms with Crippen molar-refractivity contribution in [3.63, 3.8) is 0 Å². The molecular weight excluding hydrogens is 363 g/mol. The Balaban J connectivity index is 2.02. The number of amides is 2. The van der Waals surface area contributed by atoms with Gasteiger partial charge in [-0.3, -0.25) is 9.59 Å². The van der Waals surface area contributed by atoms with Crippen LogP contribution in [-0.2, 0) is 4.79 Å². The maximum Gasteiger partial charge on any atom is 0.251 e. The number of halogens is 2. The average molecular weight is 377 g/mol. The van der Waals surface area contributed by atoms with E-state index in [1.807, 2.05) is 0 Å². The van der Waals surface area contributed by atoms with Crippen LogP contribution in [-0.4, -0.2) is 18.9 Å². The molecule has 0 atom stereocenters. The molecule has 2 amide bonds. The topological polar surface area (TPSA) is 58.2 Å². The first kappa shape index (κ1) is 16.9. The summed E-state index contributed by atoms with van der Waals surface area (Å²) in [6.07, 6.45) is 2.89. The van der Waals surface area contributed by atoms with Gasteiger partial charge in [0, 0.05) is 23.2 Å². The van der Waals surface area contributed by atoms with Gasteiger partial charge in [-0.25, -0.2) is 4.39 Å². The van der Waals surface area contributed by atoms with Gasteiger partial charge in [0.25, 0.3) is 5.91 Å². The first-order chi connectivity index (χ1) is 11.0. The predicted molar refractivity (Wildman–Crippen MR) is 91.6 cm³/mol. The Hall–Kier alpha value is -2.47. The summed E-state index contributed by atoms with van der Waals surface area (Å²) in [7, 11) is 1.56. The number of anilines is 1. The van der Waals surface area contributed by atoms with Gasteiger partial charge in [-0.05, 0) is 42.0 Å². The lowest BCUT2D eigenvalue weighted by Crippen LogP contribution is -2.17. The fraction of sp³-hybridized carbons (Fsp3) is 0.0588. The molecule has 2 aromatic carbocycles. The van der Waals surface area contributed by atoms with Gasteiger partial charge in [0.2, 0.25) is 5.91 Å². The predicted octanol–water partition coefficient (Wildman–Crippen LogP) is 3.60. The van der Waals surface area contributed by atoms with E-state index < -0.39 is 11.7 Å². The van der Waals surface area contributed by atoms with Crippen LogP contribution >= 0.6 is 15.9 Å². The minimum absolute atomic E-state index is 0.109. The summed E-state index contributed by atoms with van der Waals surface area (Å²) in [6.45, 7) is 0. The molecule has 0 aliphatic carbocycles. The highest BCUT2D eigenvalue weighted by molar-refractivity contribution is 9.10. The minimum atomic E-state index is -0.518. The maximum absolute atomic E-state index is 13.6. The quantitative estimate of drug-likeness (QED) is 0.800. The summed E-state index contributed by atoms with van der Waals surface area (Å²) < 4.78 is 14.2. The summed E-state index contributed by atoms with van der Waals surface area (Å²) >= 11 is 3.15. The molecule has 0 aliphatic rings. The first-order valence-corrected chi connectivity index (χ1v) is 7.55. The van der Waals surface area contributed by atoms with Gasteiger partial charge in [0.1, 0.15) is 5.82 Å². The fourth-order valence-electron chi connectivity index (χ4n) is 1.83. The van der Waals surface area contributed by atoms with Gasteiger partial charge in [-0.2, -0.15) is 0 Å². The van der Waals surface area contributed by atoms with E-state index in [-0.39, 0.29) is 11.6 Å². The van der Waals surface area contributed by atoms with Crippen LogP contribution in [0.3, 0.4) is 0 Å². The van der Waals surface area contributed by atoms with E-state index in [2.05, 4.69) is 26.6 Å². The zero-order valence-corrected chi connectivity index (χ0v) is 13.9. The summed E-state index contributed by atoms with van der Waals surface area (Å²) in [6, 6.07) is 11.1. The van der Waals surface area contributed by atoms with Crippen molar-refractivity contribution in [3.8, 4) is 0 Å². The number of hydrogen-bond donors (Lipinski definition) is 2. The molecule has 2 aromatic rings. The standard InChI is InChI=1S/C17H14BrFN2O2/c1-20-17(23)12-5-2-11(3-6-12)4-9-16(22)21-15-8-7-13(18)10-14(15)19/h2-10H,1H3,(H,20,23)(H,21,22)/b9-4+. The van der Waals surface area contributed by atoms with Gasteiger partial charge in [-0.1, -0.05) is 28.1 Å². The van der Waals surface area contributed by atoms with E-state index in [1.165, 1.54) is 18.2 Å². The molecule has 2 rings (SSSR count). The molecular formula is C17H14BrFN2O2. The second-order valence-corrected chi connectivity index (χ2v) is 5.56. The van der Waals surface area contributed by atoms with Crippen LogP contribution in [0.25, 0.3) is 6.08 Å². The zero-order valence-electron chi connectivity index (χ0n) is 12.3. The third-order valence-electron chi connectivity index (χ3n) is 3.02. The molecule has 0 saturated heterocycles. The van der Waals surface area contributed by atoms with Crippen molar-refractivity contribution < 1.29 is 14.0 Å². The van der Waals surface area contributed by atoms with Crippen LogP contribution in [0.15, 0.2) is 53.0 Å². The van der Waals surface area contributed by atoms with Crippen molar-refractivity contribution >= 4 is 39.5 Å². The summed E-state index contributed by atoms with van der Waals surface area (Å²) in [5.74, 6) is -1.14. The van der Waals surface area contributed by atoms with Crippen LogP contribution in [0.4, 0.5) is 10.1 Å². The molecule has 2 N–H and O–H groups in total. The lowest BCUT2D eigenvalue weighted by Gasteiger charge is -2.04. The van der Waals surface area contributed by atoms with Gasteiger partial charge in [-0.15, -0.1) is 0 Å². The van der Waals surface area contributed by atoms with Gasteiger partial charge >= 0.3 is 0 Å². The Morgan fingerprint density at radius 1 is 1.13 bits per heavy atom. The molecule has 118 valence electrons. The van der Waals surface area contributed by atoms with E-state index in [4.69, 9.17) is 0 Å². The molecule has 4 nitrogen and oxygen atoms in total. The highest BCUT2D eigenvalue weighted by Crippen LogP contribution is 2.19. The number of nitrogens with one attached hydrogen (secondary N) is 2. The summed E-state index contributed by atoms with van der Waals surface area (Å²) in [5.41, 5.74) is 1.40. The van der Waals surface area contributed by atoms with Crippen molar-refractivity contribution in [1.82, 2.24) is 5.32 Å².